The predicted molar refractivity (Wildman–Crippen MR) is 142 cm³/mol. The summed E-state index contributed by atoms with van der Waals surface area (Å²) in [5, 5.41) is 2.56. The van der Waals surface area contributed by atoms with Crippen molar-refractivity contribution >= 4 is 10.8 Å². The summed E-state index contributed by atoms with van der Waals surface area (Å²) < 4.78 is 13.2. The van der Waals surface area contributed by atoms with Gasteiger partial charge in [0.15, 0.2) is 0 Å². The Kier molecular flexibility index (Phi) is 4.74. The molecular weight excluding hydrogens is 444 g/mol. The molecule has 6 atom stereocenters. The van der Waals surface area contributed by atoms with Crippen LogP contribution < -0.4 is 0 Å². The van der Waals surface area contributed by atoms with Gasteiger partial charge in [-0.3, -0.25) is 9.88 Å². The van der Waals surface area contributed by atoms with Crippen molar-refractivity contribution in [1.82, 2.24) is 9.88 Å². The van der Waals surface area contributed by atoms with Crippen molar-refractivity contribution in [3.8, 4) is 0 Å². The molecule has 2 spiro atoms. The minimum atomic E-state index is -0.0729. The van der Waals surface area contributed by atoms with Gasteiger partial charge in [0.25, 0.3) is 0 Å². The van der Waals surface area contributed by atoms with E-state index in [-0.39, 0.29) is 16.6 Å². The molecule has 2 unspecified atom stereocenters. The van der Waals surface area contributed by atoms with Crippen LogP contribution in [0.3, 0.4) is 0 Å². The number of benzene rings is 1. The zero-order chi connectivity index (χ0) is 24.0. The van der Waals surface area contributed by atoms with Gasteiger partial charge in [0, 0.05) is 36.9 Å². The molecule has 36 heavy (non-hydrogen) atoms. The van der Waals surface area contributed by atoms with Gasteiger partial charge in [-0.2, -0.15) is 0 Å². The van der Waals surface area contributed by atoms with Gasteiger partial charge in [-0.1, -0.05) is 31.2 Å². The summed E-state index contributed by atoms with van der Waals surface area (Å²) >= 11 is 0. The van der Waals surface area contributed by atoms with Crippen LogP contribution >= 0.6 is 0 Å². The molecule has 3 aliphatic carbocycles. The Balaban J connectivity index is 1.13. The summed E-state index contributed by atoms with van der Waals surface area (Å²) in [4.78, 5) is 7.09. The van der Waals surface area contributed by atoms with E-state index in [4.69, 9.17) is 9.47 Å². The Hall–Kier alpha value is -2.01. The lowest BCUT2D eigenvalue weighted by molar-refractivity contribution is -0.143. The molecule has 0 N–H and O–H groups in total. The number of ether oxygens (including phenoxy) is 2. The number of nitrogens with zero attached hydrogens (tertiary/aromatic N) is 2. The molecule has 1 aromatic heterocycles. The van der Waals surface area contributed by atoms with Gasteiger partial charge in [0.05, 0.1) is 24.4 Å². The van der Waals surface area contributed by atoms with E-state index in [1.807, 2.05) is 12.4 Å². The average molecular weight is 483 g/mol. The number of rotatable bonds is 2. The first-order valence-corrected chi connectivity index (χ1v) is 14.4. The first-order valence-electron chi connectivity index (χ1n) is 14.4. The highest BCUT2D eigenvalue weighted by atomic mass is 16.5. The zero-order valence-corrected chi connectivity index (χ0v) is 21.5. The number of hydrogen-bond donors (Lipinski definition) is 0. The molecule has 4 fully saturated rings. The lowest BCUT2D eigenvalue weighted by Gasteiger charge is -2.55. The highest BCUT2D eigenvalue weighted by molar-refractivity contribution is 5.82. The lowest BCUT2D eigenvalue weighted by atomic mass is 9.58. The third-order valence-electron chi connectivity index (χ3n) is 11.3. The van der Waals surface area contributed by atoms with Crippen LogP contribution in [0.4, 0.5) is 0 Å². The minimum absolute atomic E-state index is 0.0243. The number of allylic oxidation sites excluding steroid dienone is 1. The fourth-order valence-corrected chi connectivity index (χ4v) is 9.50. The third kappa shape index (κ3) is 2.95. The molecule has 4 heteroatoms. The summed E-state index contributed by atoms with van der Waals surface area (Å²) in [5.41, 5.74) is 4.78. The van der Waals surface area contributed by atoms with Crippen LogP contribution in [0.25, 0.3) is 10.8 Å². The quantitative estimate of drug-likeness (QED) is 0.512. The fourth-order valence-electron chi connectivity index (χ4n) is 9.50. The molecule has 3 aliphatic heterocycles. The second kappa shape index (κ2) is 7.75. The molecule has 2 bridgehead atoms. The molecule has 1 aromatic carbocycles. The summed E-state index contributed by atoms with van der Waals surface area (Å²) in [6.07, 6.45) is 18.9. The molecule has 4 nitrogen and oxygen atoms in total. The molecule has 0 radical (unpaired) electrons. The van der Waals surface area contributed by atoms with Crippen molar-refractivity contribution in [3.63, 3.8) is 0 Å². The summed E-state index contributed by atoms with van der Waals surface area (Å²) in [5.74, 6) is 1.18. The molecule has 0 amide bonds. The number of morpholine rings is 1. The summed E-state index contributed by atoms with van der Waals surface area (Å²) in [6, 6.07) is 9.88. The van der Waals surface area contributed by atoms with Crippen molar-refractivity contribution in [1.29, 1.82) is 0 Å². The molecule has 2 aromatic rings. The van der Waals surface area contributed by atoms with E-state index in [2.05, 4.69) is 53.2 Å². The number of hydrogen-bond acceptors (Lipinski definition) is 4. The van der Waals surface area contributed by atoms with Crippen LogP contribution in [-0.2, 0) is 9.47 Å². The molecule has 6 aliphatic rings. The van der Waals surface area contributed by atoms with Crippen LogP contribution in [-0.4, -0.2) is 53.4 Å². The second-order valence-electron chi connectivity index (χ2n) is 12.7. The monoisotopic (exact) mass is 482 g/mol. The van der Waals surface area contributed by atoms with Crippen molar-refractivity contribution < 1.29 is 9.47 Å². The average Bonchev–Trinajstić information content (AvgIpc) is 3.43. The van der Waals surface area contributed by atoms with Gasteiger partial charge < -0.3 is 9.47 Å². The van der Waals surface area contributed by atoms with Crippen LogP contribution in [0.1, 0.15) is 69.8 Å². The Morgan fingerprint density at radius 1 is 1.03 bits per heavy atom. The highest BCUT2D eigenvalue weighted by Crippen LogP contribution is 2.69. The molecule has 8 rings (SSSR count). The smallest absolute Gasteiger partial charge is 0.0974 e. The number of aromatic nitrogens is 1. The summed E-state index contributed by atoms with van der Waals surface area (Å²) in [7, 11) is 0. The first-order chi connectivity index (χ1) is 17.6. The largest absolute Gasteiger partial charge is 0.379 e. The highest BCUT2D eigenvalue weighted by Gasteiger charge is 2.66. The maximum Gasteiger partial charge on any atom is 0.0974 e. The molecule has 188 valence electrons. The molecule has 2 saturated carbocycles. The Morgan fingerprint density at radius 2 is 1.94 bits per heavy atom. The van der Waals surface area contributed by atoms with Crippen LogP contribution in [0, 0.1) is 11.3 Å². The van der Waals surface area contributed by atoms with Gasteiger partial charge in [0.2, 0.25) is 0 Å². The van der Waals surface area contributed by atoms with Crippen LogP contribution in [0.2, 0.25) is 0 Å². The van der Waals surface area contributed by atoms with E-state index in [0.717, 1.165) is 26.3 Å². The SMILES string of the molecule is CC12CC=C3C=C4CC[C@@H](N5CCOCC5)C[C@]45CC[C@]3(O5)[C@@H]1CCC2c1ccc2ccncc2c1. The zero-order valence-electron chi connectivity index (χ0n) is 21.5. The van der Waals surface area contributed by atoms with E-state index < -0.39 is 0 Å². The van der Waals surface area contributed by atoms with Crippen molar-refractivity contribution in [2.24, 2.45) is 11.3 Å². The van der Waals surface area contributed by atoms with Gasteiger partial charge in [-0.05, 0) is 103 Å². The lowest BCUT2D eigenvalue weighted by Crippen LogP contribution is -2.56. The molecular formula is C32H38N2O2. The van der Waals surface area contributed by atoms with Crippen LogP contribution in [0.15, 0.2) is 60.0 Å². The second-order valence-corrected chi connectivity index (χ2v) is 12.7. The number of fused-ring (bicyclic) bond motifs is 2. The van der Waals surface area contributed by atoms with Gasteiger partial charge in [0.1, 0.15) is 0 Å². The Bertz CT molecular complexity index is 1280. The van der Waals surface area contributed by atoms with Crippen LogP contribution in [0.5, 0.6) is 0 Å². The Labute approximate surface area is 214 Å². The van der Waals surface area contributed by atoms with E-state index in [9.17, 15) is 0 Å². The van der Waals surface area contributed by atoms with Crippen molar-refractivity contribution in [2.45, 2.75) is 81.5 Å². The topological polar surface area (TPSA) is 34.6 Å². The van der Waals surface area contributed by atoms with E-state index >= 15 is 0 Å². The predicted octanol–water partition coefficient (Wildman–Crippen LogP) is 6.18. The molecule has 2 saturated heterocycles. The summed E-state index contributed by atoms with van der Waals surface area (Å²) in [6.45, 7) is 6.52. The van der Waals surface area contributed by atoms with Gasteiger partial charge >= 0.3 is 0 Å². The first kappa shape index (κ1) is 22.0. The standard InChI is InChI=1S/C32H38N2O2/c1-30-10-8-26-19-25-4-5-27(34-14-16-35-17-15-34)20-31(25)11-12-32(26,36-31)29(30)7-6-28(30)23-3-2-22-9-13-33-21-24(22)18-23/h2-3,8-9,13,18-19,21,27-29H,4-7,10-12,14-17,20H2,1H3/t27-,28?,29-,30?,31-,32-/m1/s1. The minimum Gasteiger partial charge on any atom is -0.379 e. The Morgan fingerprint density at radius 3 is 2.86 bits per heavy atom. The van der Waals surface area contributed by atoms with Crippen molar-refractivity contribution in [3.05, 3.63) is 65.5 Å². The maximum absolute atomic E-state index is 7.53. The third-order valence-corrected chi connectivity index (χ3v) is 11.3. The van der Waals surface area contributed by atoms with Crippen molar-refractivity contribution in [2.75, 3.05) is 26.3 Å². The van der Waals surface area contributed by atoms with E-state index in [1.165, 1.54) is 73.3 Å². The maximum atomic E-state index is 7.53. The van der Waals surface area contributed by atoms with Gasteiger partial charge in [-0.25, -0.2) is 0 Å². The normalized spacial score (nSPS) is 41.9. The fraction of sp³-hybridized carbons (Fsp3) is 0.594. The number of pyridine rings is 1. The van der Waals surface area contributed by atoms with E-state index in [0.29, 0.717) is 17.9 Å². The van der Waals surface area contributed by atoms with E-state index in [1.54, 1.807) is 5.57 Å². The van der Waals surface area contributed by atoms with Gasteiger partial charge in [-0.15, -0.1) is 0 Å². The molecule has 4 heterocycles.